The van der Waals surface area contributed by atoms with E-state index in [9.17, 15) is 9.59 Å². The van der Waals surface area contributed by atoms with Crippen LogP contribution >= 0.6 is 23.2 Å². The topological polar surface area (TPSA) is 83.0 Å². The highest BCUT2D eigenvalue weighted by atomic mass is 35.5. The fraction of sp³-hybridized carbons (Fsp3) is 0.0833. The lowest BCUT2D eigenvalue weighted by molar-refractivity contribution is 0.0693. The molecule has 98 valence electrons. The molecule has 0 amide bonds. The largest absolute Gasteiger partial charge is 0.477 e. The van der Waals surface area contributed by atoms with Gasteiger partial charge in [-0.3, -0.25) is 4.79 Å². The number of rotatable bonds is 2. The van der Waals surface area contributed by atoms with Gasteiger partial charge >= 0.3 is 5.97 Å². The summed E-state index contributed by atoms with van der Waals surface area (Å²) in [4.78, 5) is 29.1. The van der Waals surface area contributed by atoms with Crippen molar-refractivity contribution >= 4 is 29.2 Å². The van der Waals surface area contributed by atoms with Gasteiger partial charge in [0, 0.05) is 10.6 Å². The number of carboxylic acid groups (broad SMARTS) is 1. The number of aromatic carboxylic acids is 1. The van der Waals surface area contributed by atoms with Crippen LogP contribution in [-0.2, 0) is 0 Å². The summed E-state index contributed by atoms with van der Waals surface area (Å²) in [5.41, 5.74) is -0.568. The van der Waals surface area contributed by atoms with Crippen LogP contribution in [-0.4, -0.2) is 21.0 Å². The molecule has 0 aliphatic rings. The SMILES string of the molecule is Cc1nc(-c2cc(Cl)ccc2Cl)[nH]c(=O)c1C(=O)O. The molecule has 0 saturated heterocycles. The number of carboxylic acids is 1. The number of carbonyl (C=O) groups is 1. The van der Waals surface area contributed by atoms with Gasteiger partial charge < -0.3 is 10.1 Å². The van der Waals surface area contributed by atoms with Crippen LogP contribution in [0.4, 0.5) is 0 Å². The van der Waals surface area contributed by atoms with Crippen LogP contribution in [0, 0.1) is 6.92 Å². The molecule has 5 nitrogen and oxygen atoms in total. The molecular weight excluding hydrogens is 291 g/mol. The lowest BCUT2D eigenvalue weighted by Gasteiger charge is -2.06. The van der Waals surface area contributed by atoms with E-state index < -0.39 is 11.5 Å². The van der Waals surface area contributed by atoms with Gasteiger partial charge in [0.15, 0.2) is 0 Å². The highest BCUT2D eigenvalue weighted by molar-refractivity contribution is 6.35. The molecule has 0 radical (unpaired) electrons. The number of benzene rings is 1. The molecular formula is C12H8Cl2N2O3. The Morgan fingerprint density at radius 3 is 2.63 bits per heavy atom. The minimum absolute atomic E-state index is 0.113. The maximum absolute atomic E-state index is 11.7. The van der Waals surface area contributed by atoms with Crippen LogP contribution in [0.25, 0.3) is 11.4 Å². The molecule has 0 spiro atoms. The Morgan fingerprint density at radius 1 is 1.37 bits per heavy atom. The maximum Gasteiger partial charge on any atom is 0.343 e. The molecule has 1 heterocycles. The average Bonchev–Trinajstić information content (AvgIpc) is 2.30. The Kier molecular flexibility index (Phi) is 3.59. The van der Waals surface area contributed by atoms with Crippen LogP contribution in [0.1, 0.15) is 16.1 Å². The quantitative estimate of drug-likeness (QED) is 0.893. The zero-order valence-electron chi connectivity index (χ0n) is 9.70. The molecule has 0 aliphatic heterocycles. The lowest BCUT2D eigenvalue weighted by Crippen LogP contribution is -2.21. The van der Waals surface area contributed by atoms with Crippen molar-refractivity contribution in [2.24, 2.45) is 0 Å². The van der Waals surface area contributed by atoms with Crippen molar-refractivity contribution in [2.45, 2.75) is 6.92 Å². The summed E-state index contributed by atoms with van der Waals surface area (Å²) in [5.74, 6) is -1.14. The number of aromatic nitrogens is 2. The first-order valence-corrected chi connectivity index (χ1v) is 5.95. The monoisotopic (exact) mass is 298 g/mol. The molecule has 2 aromatic rings. The van der Waals surface area contributed by atoms with Crippen molar-refractivity contribution < 1.29 is 9.90 Å². The number of nitrogens with one attached hydrogen (secondary N) is 1. The smallest absolute Gasteiger partial charge is 0.343 e. The first-order chi connectivity index (χ1) is 8.90. The molecule has 0 aliphatic carbocycles. The van der Waals surface area contributed by atoms with Crippen LogP contribution in [0.3, 0.4) is 0 Å². The van der Waals surface area contributed by atoms with E-state index in [1.54, 1.807) is 18.2 Å². The third-order valence-electron chi connectivity index (χ3n) is 2.50. The summed E-state index contributed by atoms with van der Waals surface area (Å²) in [5, 5.41) is 9.69. The van der Waals surface area contributed by atoms with E-state index in [0.717, 1.165) is 0 Å². The van der Waals surface area contributed by atoms with Crippen molar-refractivity contribution in [3.8, 4) is 11.4 Å². The molecule has 1 aromatic carbocycles. The van der Waals surface area contributed by atoms with Crippen molar-refractivity contribution in [3.05, 3.63) is 49.9 Å². The van der Waals surface area contributed by atoms with Gasteiger partial charge in [0.05, 0.1) is 10.7 Å². The first-order valence-electron chi connectivity index (χ1n) is 5.20. The second kappa shape index (κ2) is 5.03. The van der Waals surface area contributed by atoms with Gasteiger partial charge in [0.1, 0.15) is 11.4 Å². The lowest BCUT2D eigenvalue weighted by atomic mass is 10.2. The van der Waals surface area contributed by atoms with E-state index in [2.05, 4.69) is 9.97 Å². The molecule has 0 bridgehead atoms. The first kappa shape index (κ1) is 13.6. The average molecular weight is 299 g/mol. The fourth-order valence-electron chi connectivity index (χ4n) is 1.64. The highest BCUT2D eigenvalue weighted by Crippen LogP contribution is 2.27. The number of aromatic amines is 1. The molecule has 2 rings (SSSR count). The number of nitrogens with zero attached hydrogens (tertiary/aromatic N) is 1. The summed E-state index contributed by atoms with van der Waals surface area (Å²) >= 11 is 11.9. The number of hydrogen-bond acceptors (Lipinski definition) is 3. The zero-order chi connectivity index (χ0) is 14.2. The Hall–Kier alpha value is -1.85. The van der Waals surface area contributed by atoms with Crippen LogP contribution in [0.15, 0.2) is 23.0 Å². The van der Waals surface area contributed by atoms with E-state index in [-0.39, 0.29) is 17.1 Å². The molecule has 2 N–H and O–H groups in total. The Morgan fingerprint density at radius 2 is 2.05 bits per heavy atom. The second-order valence-electron chi connectivity index (χ2n) is 3.80. The molecule has 0 fully saturated rings. The van der Waals surface area contributed by atoms with E-state index in [1.165, 1.54) is 6.92 Å². The Bertz CT molecular complexity index is 725. The number of halogens is 2. The van der Waals surface area contributed by atoms with E-state index in [1.807, 2.05) is 0 Å². The molecule has 1 aromatic heterocycles. The third kappa shape index (κ3) is 2.62. The number of aryl methyl sites for hydroxylation is 1. The molecule has 7 heteroatoms. The summed E-state index contributed by atoms with van der Waals surface area (Å²) in [6.45, 7) is 1.45. The van der Waals surface area contributed by atoms with Crippen LogP contribution in [0.2, 0.25) is 10.0 Å². The van der Waals surface area contributed by atoms with Crippen molar-refractivity contribution in [2.75, 3.05) is 0 Å². The van der Waals surface area contributed by atoms with E-state index in [0.29, 0.717) is 15.6 Å². The molecule has 0 saturated carbocycles. The maximum atomic E-state index is 11.7. The number of H-pyrrole nitrogens is 1. The van der Waals surface area contributed by atoms with Gasteiger partial charge in [0.25, 0.3) is 5.56 Å². The Labute approximate surface area is 117 Å². The van der Waals surface area contributed by atoms with E-state index >= 15 is 0 Å². The van der Waals surface area contributed by atoms with Gasteiger partial charge in [-0.25, -0.2) is 9.78 Å². The zero-order valence-corrected chi connectivity index (χ0v) is 11.2. The van der Waals surface area contributed by atoms with Gasteiger partial charge in [-0.2, -0.15) is 0 Å². The third-order valence-corrected chi connectivity index (χ3v) is 3.06. The van der Waals surface area contributed by atoms with Crippen molar-refractivity contribution in [1.82, 2.24) is 9.97 Å². The second-order valence-corrected chi connectivity index (χ2v) is 4.65. The molecule has 0 atom stereocenters. The van der Waals surface area contributed by atoms with E-state index in [4.69, 9.17) is 28.3 Å². The minimum atomic E-state index is -1.32. The van der Waals surface area contributed by atoms with Gasteiger partial charge in [0.2, 0.25) is 0 Å². The Balaban J connectivity index is 2.68. The summed E-state index contributed by atoms with van der Waals surface area (Å²) < 4.78 is 0. The molecule has 19 heavy (non-hydrogen) atoms. The highest BCUT2D eigenvalue weighted by Gasteiger charge is 2.16. The van der Waals surface area contributed by atoms with Crippen LogP contribution < -0.4 is 5.56 Å². The van der Waals surface area contributed by atoms with Crippen LogP contribution in [0.5, 0.6) is 0 Å². The van der Waals surface area contributed by atoms with Crippen molar-refractivity contribution in [3.63, 3.8) is 0 Å². The molecule has 0 unspecified atom stereocenters. The summed E-state index contributed by atoms with van der Waals surface area (Å²) in [7, 11) is 0. The number of hydrogen-bond donors (Lipinski definition) is 2. The van der Waals surface area contributed by atoms with Gasteiger partial charge in [-0.15, -0.1) is 0 Å². The normalized spacial score (nSPS) is 10.5. The predicted molar refractivity (Wildman–Crippen MR) is 72.0 cm³/mol. The van der Waals surface area contributed by atoms with Crippen molar-refractivity contribution in [1.29, 1.82) is 0 Å². The standard InChI is InChI=1S/C12H8Cl2N2O3/c1-5-9(12(18)19)11(17)16-10(15-5)7-4-6(13)2-3-8(7)14/h2-4H,1H3,(H,18,19)(H,15,16,17). The predicted octanol–water partition coefficient (Wildman–Crippen LogP) is 2.75. The summed E-state index contributed by atoms with van der Waals surface area (Å²) in [6.07, 6.45) is 0. The minimum Gasteiger partial charge on any atom is -0.477 e. The summed E-state index contributed by atoms with van der Waals surface area (Å²) in [6, 6.07) is 4.71. The fourth-order valence-corrected chi connectivity index (χ4v) is 2.02. The van der Waals surface area contributed by atoms with Gasteiger partial charge in [-0.05, 0) is 25.1 Å². The van der Waals surface area contributed by atoms with Gasteiger partial charge in [-0.1, -0.05) is 23.2 Å².